The number of carbonyl (C=O) groups is 3. The molecule has 3 N–H and O–H groups in total. The van der Waals surface area contributed by atoms with Gasteiger partial charge in [-0.05, 0) is 42.0 Å². The highest BCUT2D eigenvalue weighted by Crippen LogP contribution is 2.55. The first-order chi connectivity index (χ1) is 15.0. The van der Waals surface area contributed by atoms with Crippen LogP contribution in [0.1, 0.15) is 51.4 Å². The van der Waals surface area contributed by atoms with Gasteiger partial charge in [-0.2, -0.15) is 14.0 Å². The molecule has 0 spiro atoms. The number of carbonyl (C=O) groups excluding carboxylic acids is 3. The van der Waals surface area contributed by atoms with E-state index in [4.69, 9.17) is 0 Å². The predicted molar refractivity (Wildman–Crippen MR) is 107 cm³/mol. The van der Waals surface area contributed by atoms with Gasteiger partial charge in [-0.1, -0.05) is 12.1 Å². The third-order valence-corrected chi connectivity index (χ3v) is 5.87. The fourth-order valence-corrected chi connectivity index (χ4v) is 4.13. The molecule has 1 aromatic carbocycles. The lowest BCUT2D eigenvalue weighted by Crippen LogP contribution is -2.51. The zero-order valence-electron chi connectivity index (χ0n) is 16.6. The van der Waals surface area contributed by atoms with Gasteiger partial charge in [0.1, 0.15) is 0 Å². The van der Waals surface area contributed by atoms with Gasteiger partial charge in [-0.3, -0.25) is 14.9 Å². The van der Waals surface area contributed by atoms with Crippen molar-refractivity contribution in [1.29, 1.82) is 0 Å². The number of imide groups is 1. The Balaban J connectivity index is 1.48. The van der Waals surface area contributed by atoms with Crippen LogP contribution in [-0.4, -0.2) is 46.0 Å². The lowest BCUT2D eigenvalue weighted by molar-refractivity contribution is -0.122. The summed E-state index contributed by atoms with van der Waals surface area (Å²) < 4.78 is 15.4. The highest BCUT2D eigenvalue weighted by Gasteiger charge is 2.42. The summed E-state index contributed by atoms with van der Waals surface area (Å²) in [5.74, 6) is -1.68. The second-order valence-corrected chi connectivity index (χ2v) is 7.74. The maximum atomic E-state index is 14.3. The second kappa shape index (κ2) is 7.15. The summed E-state index contributed by atoms with van der Waals surface area (Å²) >= 11 is 0. The molecule has 1 saturated heterocycles. The first-order valence-corrected chi connectivity index (χ1v) is 9.91. The Morgan fingerprint density at radius 2 is 2.00 bits per heavy atom. The zero-order chi connectivity index (χ0) is 21.7. The molecule has 2 aliphatic rings. The number of amides is 4. The molecule has 2 aromatic heterocycles. The van der Waals surface area contributed by atoms with Gasteiger partial charge < -0.3 is 10.6 Å². The van der Waals surface area contributed by atoms with Crippen molar-refractivity contribution >= 4 is 23.5 Å². The molecule has 3 aromatic rings. The number of rotatable bonds is 4. The van der Waals surface area contributed by atoms with Crippen molar-refractivity contribution in [1.82, 2.24) is 30.5 Å². The lowest BCUT2D eigenvalue weighted by Gasteiger charge is -2.22. The molecule has 1 unspecified atom stereocenters. The van der Waals surface area contributed by atoms with E-state index in [1.807, 2.05) is 12.1 Å². The van der Waals surface area contributed by atoms with Crippen molar-refractivity contribution in [2.24, 2.45) is 0 Å². The van der Waals surface area contributed by atoms with E-state index in [2.05, 4.69) is 26.0 Å². The lowest BCUT2D eigenvalue weighted by atomic mass is 9.98. The molecule has 2 fully saturated rings. The minimum atomic E-state index is -0.716. The van der Waals surface area contributed by atoms with Crippen LogP contribution in [0.2, 0.25) is 0 Å². The predicted octanol–water partition coefficient (Wildman–Crippen LogP) is 1.42. The minimum Gasteiger partial charge on any atom is -0.355 e. The Bertz CT molecular complexity index is 1220. The van der Waals surface area contributed by atoms with Crippen molar-refractivity contribution in [3.05, 3.63) is 64.9 Å². The van der Waals surface area contributed by atoms with E-state index in [1.54, 1.807) is 25.2 Å². The molecule has 31 heavy (non-hydrogen) atoms. The molecule has 1 aliphatic carbocycles. The number of hydrogen-bond donors (Lipinski definition) is 3. The van der Waals surface area contributed by atoms with E-state index in [9.17, 15) is 18.8 Å². The Morgan fingerprint density at radius 1 is 1.23 bits per heavy atom. The van der Waals surface area contributed by atoms with Crippen molar-refractivity contribution in [3.63, 3.8) is 0 Å². The molecular formula is C21H19FN6O3. The number of nitrogens with one attached hydrogen (secondary N) is 3. The van der Waals surface area contributed by atoms with E-state index >= 15 is 0 Å². The number of aromatic nitrogens is 3. The highest BCUT2D eigenvalue weighted by atomic mass is 19.1. The molecule has 1 saturated carbocycles. The van der Waals surface area contributed by atoms with Gasteiger partial charge in [-0.15, -0.1) is 0 Å². The second-order valence-electron chi connectivity index (χ2n) is 7.74. The molecule has 1 aliphatic heterocycles. The average molecular weight is 422 g/mol. The van der Waals surface area contributed by atoms with Crippen molar-refractivity contribution in [2.75, 3.05) is 13.6 Å². The SMILES string of the molecule is CNC(=O)c1ccc([C@H]2C[C@@H]2c2cc(C3CNC(=O)NC3=O)nn3c(F)cnc23)cc1. The van der Waals surface area contributed by atoms with Crippen molar-refractivity contribution in [2.45, 2.75) is 24.2 Å². The fourth-order valence-electron chi connectivity index (χ4n) is 4.13. The summed E-state index contributed by atoms with van der Waals surface area (Å²) in [5.41, 5.74) is 3.24. The molecule has 3 atom stereocenters. The van der Waals surface area contributed by atoms with Crippen LogP contribution in [0.4, 0.5) is 9.18 Å². The van der Waals surface area contributed by atoms with E-state index in [1.165, 1.54) is 0 Å². The van der Waals surface area contributed by atoms with Crippen LogP contribution >= 0.6 is 0 Å². The van der Waals surface area contributed by atoms with E-state index in [-0.39, 0.29) is 24.3 Å². The summed E-state index contributed by atoms with van der Waals surface area (Å²) in [5, 5.41) is 11.7. The minimum absolute atomic E-state index is 0.0816. The highest BCUT2D eigenvalue weighted by molar-refractivity contribution is 6.00. The quantitative estimate of drug-likeness (QED) is 0.588. The van der Waals surface area contributed by atoms with Crippen LogP contribution in [0, 0.1) is 5.95 Å². The van der Waals surface area contributed by atoms with Crippen LogP contribution in [0.3, 0.4) is 0 Å². The molecular weight excluding hydrogens is 403 g/mol. The average Bonchev–Trinajstić information content (AvgIpc) is 3.49. The van der Waals surface area contributed by atoms with Crippen LogP contribution in [-0.2, 0) is 4.79 Å². The van der Waals surface area contributed by atoms with Gasteiger partial charge in [0, 0.05) is 24.7 Å². The summed E-state index contributed by atoms with van der Waals surface area (Å²) in [6.07, 6.45) is 1.94. The smallest absolute Gasteiger partial charge is 0.321 e. The standard InChI is InChI=1S/C21H19FN6O3/c1-23-19(29)11-4-2-10(3-5-11)12-6-13(12)14-7-16(15-8-25-21(31)26-20(15)30)27-28-17(22)9-24-18(14)28/h2-5,7,9,12-13,15H,6,8H2,1H3,(H,23,29)(H2,25,26,30,31)/t12-,13+,15?/m1/s1. The van der Waals surface area contributed by atoms with Gasteiger partial charge in [0.05, 0.1) is 17.8 Å². The number of imidazole rings is 1. The molecule has 3 heterocycles. The normalized spacial score (nSPS) is 22.7. The number of hydrogen-bond acceptors (Lipinski definition) is 5. The number of urea groups is 1. The summed E-state index contributed by atoms with van der Waals surface area (Å²) in [4.78, 5) is 39.6. The van der Waals surface area contributed by atoms with Gasteiger partial charge in [-0.25, -0.2) is 9.78 Å². The third-order valence-electron chi connectivity index (χ3n) is 5.87. The largest absolute Gasteiger partial charge is 0.355 e. The first kappa shape index (κ1) is 19.2. The van der Waals surface area contributed by atoms with E-state index in [0.717, 1.165) is 28.3 Å². The molecule has 5 rings (SSSR count). The number of fused-ring (bicyclic) bond motifs is 1. The maximum absolute atomic E-state index is 14.3. The van der Waals surface area contributed by atoms with Gasteiger partial charge in [0.2, 0.25) is 11.9 Å². The molecule has 0 radical (unpaired) electrons. The van der Waals surface area contributed by atoms with Crippen LogP contribution in [0.15, 0.2) is 36.5 Å². The topological polar surface area (TPSA) is 117 Å². The maximum Gasteiger partial charge on any atom is 0.321 e. The molecule has 0 bridgehead atoms. The summed E-state index contributed by atoms with van der Waals surface area (Å²) in [7, 11) is 1.58. The van der Waals surface area contributed by atoms with Crippen LogP contribution < -0.4 is 16.0 Å². The van der Waals surface area contributed by atoms with Crippen LogP contribution in [0.25, 0.3) is 5.65 Å². The van der Waals surface area contributed by atoms with Crippen molar-refractivity contribution < 1.29 is 18.8 Å². The molecule has 9 nitrogen and oxygen atoms in total. The number of benzene rings is 1. The number of nitrogens with zero attached hydrogens (tertiary/aromatic N) is 3. The molecule has 4 amide bonds. The summed E-state index contributed by atoms with van der Waals surface area (Å²) in [6.45, 7) is 0.0912. The van der Waals surface area contributed by atoms with E-state index in [0.29, 0.717) is 16.9 Å². The first-order valence-electron chi connectivity index (χ1n) is 9.91. The molecule has 10 heteroatoms. The number of halogens is 1. The monoisotopic (exact) mass is 422 g/mol. The molecule has 158 valence electrons. The van der Waals surface area contributed by atoms with Crippen molar-refractivity contribution in [3.8, 4) is 0 Å². The Hall–Kier alpha value is -3.82. The Labute approximate surface area is 176 Å². The van der Waals surface area contributed by atoms with Gasteiger partial charge in [0.25, 0.3) is 5.91 Å². The third kappa shape index (κ3) is 3.29. The van der Waals surface area contributed by atoms with E-state index < -0.39 is 23.8 Å². The van der Waals surface area contributed by atoms with Gasteiger partial charge in [0.15, 0.2) is 5.65 Å². The van der Waals surface area contributed by atoms with Gasteiger partial charge >= 0.3 is 6.03 Å². The Morgan fingerprint density at radius 3 is 2.71 bits per heavy atom. The Kier molecular flexibility index (Phi) is 4.42. The zero-order valence-corrected chi connectivity index (χ0v) is 16.6. The summed E-state index contributed by atoms with van der Waals surface area (Å²) in [6, 6.07) is 8.63. The fraction of sp³-hybridized carbons (Fsp3) is 0.286. The van der Waals surface area contributed by atoms with Crippen LogP contribution in [0.5, 0.6) is 0 Å².